The van der Waals surface area contributed by atoms with Crippen LogP contribution >= 0.6 is 0 Å². The molecule has 2 heterocycles. The summed E-state index contributed by atoms with van der Waals surface area (Å²) in [5, 5.41) is 0. The molecule has 4 fully saturated rings. The van der Waals surface area contributed by atoms with Gasteiger partial charge in [-0.3, -0.25) is 4.79 Å². The summed E-state index contributed by atoms with van der Waals surface area (Å²) >= 11 is 0. The molecule has 4 aliphatic carbocycles. The Morgan fingerprint density at radius 3 is 2.71 bits per heavy atom. The first-order valence-corrected chi connectivity index (χ1v) is 11.9. The van der Waals surface area contributed by atoms with Crippen LogP contribution in [0.3, 0.4) is 0 Å². The molecule has 0 aromatic carbocycles. The smallest absolute Gasteiger partial charge is 0.335 e. The van der Waals surface area contributed by atoms with E-state index < -0.39 is 0 Å². The molecule has 1 aromatic rings. The monoisotopic (exact) mass is 424 g/mol. The number of carbonyl (C=O) groups is 1. The first-order valence-electron chi connectivity index (χ1n) is 11.9. The first kappa shape index (κ1) is 19.8. The van der Waals surface area contributed by atoms with Crippen LogP contribution in [0.15, 0.2) is 39.8 Å². The molecule has 0 radical (unpaired) electrons. The molecule has 1 spiro atoms. The fourth-order valence-electron chi connectivity index (χ4n) is 8.70. The standard InChI is InChI=1S/C26H32O5/c1-15(27)30-22-21(16-7-10-20(28)29-14-16)25(3)13-11-18-19(26(25)23(22)31-26)9-8-17-6-4-5-12-24(17,18)2/h4-5,7,10,14,17-19,21-23H,6,8-9,11-13H2,1-3H3/t17-,18-,19+,21-,22+,23+,24-,25+,26+/m0/s1. The van der Waals surface area contributed by atoms with Crippen LogP contribution < -0.4 is 5.63 Å². The van der Waals surface area contributed by atoms with Crippen molar-refractivity contribution < 1.29 is 18.7 Å². The van der Waals surface area contributed by atoms with Gasteiger partial charge in [0.1, 0.15) is 17.8 Å². The van der Waals surface area contributed by atoms with Gasteiger partial charge in [0, 0.05) is 24.3 Å². The Morgan fingerprint density at radius 1 is 1.13 bits per heavy atom. The highest BCUT2D eigenvalue weighted by molar-refractivity contribution is 5.66. The van der Waals surface area contributed by atoms with Gasteiger partial charge in [-0.15, -0.1) is 0 Å². The van der Waals surface area contributed by atoms with Crippen molar-refractivity contribution >= 4 is 5.97 Å². The highest BCUT2D eigenvalue weighted by atomic mass is 16.7. The highest BCUT2D eigenvalue weighted by Gasteiger charge is 2.84. The van der Waals surface area contributed by atoms with Crippen molar-refractivity contribution in [2.24, 2.45) is 28.6 Å². The molecule has 9 atom stereocenters. The number of allylic oxidation sites excluding steroid dienone is 2. The Morgan fingerprint density at radius 2 is 1.97 bits per heavy atom. The van der Waals surface area contributed by atoms with Gasteiger partial charge in [-0.1, -0.05) is 26.0 Å². The van der Waals surface area contributed by atoms with Gasteiger partial charge in [-0.25, -0.2) is 4.79 Å². The van der Waals surface area contributed by atoms with E-state index in [1.165, 1.54) is 38.7 Å². The van der Waals surface area contributed by atoms with Crippen molar-refractivity contribution in [3.63, 3.8) is 0 Å². The van der Waals surface area contributed by atoms with Crippen molar-refractivity contribution in [1.29, 1.82) is 0 Å². The number of hydrogen-bond acceptors (Lipinski definition) is 5. The fourth-order valence-corrected chi connectivity index (χ4v) is 8.70. The van der Waals surface area contributed by atoms with Crippen molar-refractivity contribution in [2.75, 3.05) is 0 Å². The zero-order valence-corrected chi connectivity index (χ0v) is 18.6. The lowest BCUT2D eigenvalue weighted by Crippen LogP contribution is -2.57. The van der Waals surface area contributed by atoms with Gasteiger partial charge in [-0.05, 0) is 73.3 Å². The van der Waals surface area contributed by atoms with Gasteiger partial charge < -0.3 is 13.9 Å². The molecule has 31 heavy (non-hydrogen) atoms. The van der Waals surface area contributed by atoms with Crippen molar-refractivity contribution in [3.8, 4) is 0 Å². The van der Waals surface area contributed by atoms with Crippen molar-refractivity contribution in [3.05, 3.63) is 46.5 Å². The van der Waals surface area contributed by atoms with Crippen LogP contribution in [0.1, 0.15) is 70.8 Å². The lowest BCUT2D eigenvalue weighted by atomic mass is 9.44. The second kappa shape index (κ2) is 6.34. The van der Waals surface area contributed by atoms with Crippen molar-refractivity contribution in [1.82, 2.24) is 0 Å². The van der Waals surface area contributed by atoms with Gasteiger partial charge in [-0.2, -0.15) is 0 Å². The maximum absolute atomic E-state index is 12.1. The highest BCUT2D eigenvalue weighted by Crippen LogP contribution is 2.78. The van der Waals surface area contributed by atoms with Gasteiger partial charge in [0.25, 0.3) is 0 Å². The quantitative estimate of drug-likeness (QED) is 0.394. The number of carbonyl (C=O) groups excluding carboxylic acids is 1. The van der Waals surface area contributed by atoms with E-state index in [1.807, 2.05) is 6.07 Å². The molecule has 6 rings (SSSR count). The minimum absolute atomic E-state index is 0.0165. The normalized spacial score (nSPS) is 49.4. The average Bonchev–Trinajstić information content (AvgIpc) is 3.43. The average molecular weight is 425 g/mol. The molecule has 0 unspecified atom stereocenters. The van der Waals surface area contributed by atoms with Crippen LogP contribution in [0.2, 0.25) is 0 Å². The van der Waals surface area contributed by atoms with E-state index in [0.29, 0.717) is 17.3 Å². The molecule has 5 nitrogen and oxygen atoms in total. The zero-order valence-electron chi connectivity index (χ0n) is 18.6. The number of epoxide rings is 1. The number of rotatable bonds is 2. The molecule has 0 bridgehead atoms. The summed E-state index contributed by atoms with van der Waals surface area (Å²) in [6.45, 7) is 6.32. The van der Waals surface area contributed by atoms with Crippen LogP contribution in [0, 0.1) is 28.6 Å². The SMILES string of the molecule is CC(=O)O[C@H]1[C@H]2O[C@]23[C@@H]2CC[C@@H]4CC=CC[C@]4(C)[C@H]2CC[C@]3(C)[C@H]1c1ccc(=O)oc1. The molecule has 1 aliphatic heterocycles. The predicted octanol–water partition coefficient (Wildman–Crippen LogP) is 4.61. The summed E-state index contributed by atoms with van der Waals surface area (Å²) in [7, 11) is 0. The zero-order chi connectivity index (χ0) is 21.6. The Kier molecular flexibility index (Phi) is 4.04. The maximum atomic E-state index is 12.1. The minimum Gasteiger partial charge on any atom is -0.459 e. The number of esters is 1. The summed E-state index contributed by atoms with van der Waals surface area (Å²) in [4.78, 5) is 23.7. The molecule has 0 amide bonds. The van der Waals surface area contributed by atoms with Crippen LogP contribution in [0.4, 0.5) is 0 Å². The van der Waals surface area contributed by atoms with E-state index in [1.54, 1.807) is 6.26 Å². The van der Waals surface area contributed by atoms with E-state index in [2.05, 4.69) is 26.0 Å². The number of hydrogen-bond donors (Lipinski definition) is 0. The molecular weight excluding hydrogens is 392 g/mol. The maximum Gasteiger partial charge on any atom is 0.335 e. The molecule has 1 aromatic heterocycles. The lowest BCUT2D eigenvalue weighted by molar-refractivity contribution is -0.154. The molecule has 1 saturated heterocycles. The summed E-state index contributed by atoms with van der Waals surface area (Å²) in [5.74, 6) is 1.60. The summed E-state index contributed by atoms with van der Waals surface area (Å²) in [6.07, 6.45) is 13.0. The van der Waals surface area contributed by atoms with Gasteiger partial charge >= 0.3 is 11.6 Å². The summed E-state index contributed by atoms with van der Waals surface area (Å²) in [6, 6.07) is 3.33. The molecule has 3 saturated carbocycles. The number of fused-ring (bicyclic) bond motifs is 3. The third kappa shape index (κ3) is 2.42. The largest absolute Gasteiger partial charge is 0.459 e. The Bertz CT molecular complexity index is 991. The first-order chi connectivity index (χ1) is 14.8. The van der Waals surface area contributed by atoms with Crippen molar-refractivity contribution in [2.45, 2.75) is 83.0 Å². The second-order valence-electron chi connectivity index (χ2n) is 11.1. The van der Waals surface area contributed by atoms with Gasteiger partial charge in [0.15, 0.2) is 0 Å². The second-order valence-corrected chi connectivity index (χ2v) is 11.1. The van der Waals surface area contributed by atoms with E-state index in [9.17, 15) is 9.59 Å². The van der Waals surface area contributed by atoms with E-state index >= 15 is 0 Å². The van der Waals surface area contributed by atoms with Crippen LogP contribution in [-0.4, -0.2) is 23.8 Å². The van der Waals surface area contributed by atoms with Gasteiger partial charge in [0.05, 0.1) is 6.26 Å². The number of ether oxygens (including phenoxy) is 2. The van der Waals surface area contributed by atoms with E-state index in [-0.39, 0.29) is 40.7 Å². The third-order valence-corrected chi connectivity index (χ3v) is 10.0. The van der Waals surface area contributed by atoms with Crippen LogP contribution in [-0.2, 0) is 14.3 Å². The Hall–Kier alpha value is -1.88. The summed E-state index contributed by atoms with van der Waals surface area (Å²) in [5.41, 5.74) is 0.534. The van der Waals surface area contributed by atoms with Crippen LogP contribution in [0.25, 0.3) is 0 Å². The van der Waals surface area contributed by atoms with E-state index in [4.69, 9.17) is 13.9 Å². The lowest BCUT2D eigenvalue weighted by Gasteiger charge is -2.59. The topological polar surface area (TPSA) is 69.0 Å². The van der Waals surface area contributed by atoms with Gasteiger partial charge in [0.2, 0.25) is 0 Å². The van der Waals surface area contributed by atoms with E-state index in [0.717, 1.165) is 24.3 Å². The molecule has 5 heteroatoms. The predicted molar refractivity (Wildman–Crippen MR) is 114 cm³/mol. The molecular formula is C26H32O5. The van der Waals surface area contributed by atoms with Crippen LogP contribution in [0.5, 0.6) is 0 Å². The fraction of sp³-hybridized carbons (Fsp3) is 0.692. The third-order valence-electron chi connectivity index (χ3n) is 10.0. The molecule has 166 valence electrons. The Labute approximate surface area is 183 Å². The minimum atomic E-state index is -0.354. The summed E-state index contributed by atoms with van der Waals surface area (Å²) < 4.78 is 17.8. The molecule has 5 aliphatic rings. The molecule has 0 N–H and O–H groups in total. The Balaban J connectivity index is 1.43.